The van der Waals surface area contributed by atoms with Crippen LogP contribution >= 0.6 is 15.9 Å². The highest BCUT2D eigenvalue weighted by Crippen LogP contribution is 2.33. The summed E-state index contributed by atoms with van der Waals surface area (Å²) >= 11 is 3.17. The monoisotopic (exact) mass is 461 g/mol. The maximum absolute atomic E-state index is 13.9. The van der Waals surface area contributed by atoms with Crippen molar-refractivity contribution >= 4 is 27.6 Å². The van der Waals surface area contributed by atoms with Crippen molar-refractivity contribution < 1.29 is 32.2 Å². The quantitative estimate of drug-likeness (QED) is 0.609. The number of carboxylic acid groups (broad SMARTS) is 1. The van der Waals surface area contributed by atoms with E-state index in [1.54, 1.807) is 0 Å². The molecule has 1 fully saturated rings. The molecule has 1 saturated heterocycles. The van der Waals surface area contributed by atoms with E-state index in [0.29, 0.717) is 16.7 Å². The Morgan fingerprint density at radius 3 is 2.54 bits per heavy atom. The maximum Gasteiger partial charge on any atom is 0.416 e. The van der Waals surface area contributed by atoms with Gasteiger partial charge in [-0.3, -0.25) is 0 Å². The summed E-state index contributed by atoms with van der Waals surface area (Å²) in [6.45, 7) is 0.859. The van der Waals surface area contributed by atoms with Crippen molar-refractivity contribution in [3.8, 4) is 5.75 Å². The second-order valence-electron chi connectivity index (χ2n) is 6.41. The van der Waals surface area contributed by atoms with Crippen molar-refractivity contribution in [2.24, 2.45) is 0 Å². The van der Waals surface area contributed by atoms with E-state index in [9.17, 15) is 22.4 Å². The average Bonchev–Trinajstić information content (AvgIpc) is 3.09. The summed E-state index contributed by atoms with van der Waals surface area (Å²) in [6.07, 6.45) is -2.76. The Labute approximate surface area is 166 Å². The van der Waals surface area contributed by atoms with Gasteiger partial charge in [-0.15, -0.1) is 0 Å². The van der Waals surface area contributed by atoms with Gasteiger partial charge in [-0.1, -0.05) is 0 Å². The number of ether oxygens (including phenoxy) is 1. The van der Waals surface area contributed by atoms with Crippen molar-refractivity contribution in [2.75, 3.05) is 18.1 Å². The molecule has 0 radical (unpaired) electrons. The SMILES string of the molecule is O=C(O)c1cc(Br)c(OCC2CCCN2c2ccc(C(F)(F)F)cc2)cc1F. The van der Waals surface area contributed by atoms with Gasteiger partial charge in [0.15, 0.2) is 0 Å². The molecule has 0 bridgehead atoms. The van der Waals surface area contributed by atoms with Crippen molar-refractivity contribution in [1.82, 2.24) is 0 Å². The minimum Gasteiger partial charge on any atom is -0.490 e. The second kappa shape index (κ2) is 7.98. The number of aromatic carboxylic acids is 1. The summed E-state index contributed by atoms with van der Waals surface area (Å²) in [4.78, 5) is 12.9. The highest BCUT2D eigenvalue weighted by atomic mass is 79.9. The first-order valence-electron chi connectivity index (χ1n) is 8.46. The Morgan fingerprint density at radius 1 is 1.25 bits per heavy atom. The lowest BCUT2D eigenvalue weighted by molar-refractivity contribution is -0.137. The molecule has 2 aromatic carbocycles. The Bertz CT molecular complexity index is 871. The fourth-order valence-corrected chi connectivity index (χ4v) is 3.64. The number of benzene rings is 2. The largest absolute Gasteiger partial charge is 0.490 e. The van der Waals surface area contributed by atoms with Gasteiger partial charge in [-0.05, 0) is 59.1 Å². The predicted molar refractivity (Wildman–Crippen MR) is 98.4 cm³/mol. The molecule has 1 heterocycles. The second-order valence-corrected chi connectivity index (χ2v) is 7.27. The van der Waals surface area contributed by atoms with E-state index in [4.69, 9.17) is 9.84 Å². The number of hydrogen-bond donors (Lipinski definition) is 1. The van der Waals surface area contributed by atoms with Crippen LogP contribution in [0.15, 0.2) is 40.9 Å². The maximum atomic E-state index is 13.9. The lowest BCUT2D eigenvalue weighted by Crippen LogP contribution is -2.34. The molecule has 1 aliphatic heterocycles. The molecule has 2 aromatic rings. The van der Waals surface area contributed by atoms with E-state index < -0.39 is 29.1 Å². The molecule has 0 aromatic heterocycles. The molecule has 0 amide bonds. The number of hydrogen-bond acceptors (Lipinski definition) is 3. The molecule has 0 spiro atoms. The van der Waals surface area contributed by atoms with Gasteiger partial charge in [-0.2, -0.15) is 13.2 Å². The van der Waals surface area contributed by atoms with Gasteiger partial charge in [0.2, 0.25) is 0 Å². The molecule has 150 valence electrons. The van der Waals surface area contributed by atoms with Crippen LogP contribution in [0.2, 0.25) is 0 Å². The van der Waals surface area contributed by atoms with Crippen LogP contribution in [0.25, 0.3) is 0 Å². The Kier molecular flexibility index (Phi) is 5.83. The molecule has 1 atom stereocenters. The first kappa shape index (κ1) is 20.4. The first-order valence-corrected chi connectivity index (χ1v) is 9.25. The van der Waals surface area contributed by atoms with Crippen molar-refractivity contribution in [3.05, 3.63) is 57.8 Å². The van der Waals surface area contributed by atoms with E-state index in [2.05, 4.69) is 15.9 Å². The summed E-state index contributed by atoms with van der Waals surface area (Å²) < 4.78 is 58.0. The number of halogens is 5. The van der Waals surface area contributed by atoms with E-state index in [1.165, 1.54) is 12.1 Å². The van der Waals surface area contributed by atoms with Crippen LogP contribution in [0.1, 0.15) is 28.8 Å². The average molecular weight is 462 g/mol. The molecule has 3 rings (SSSR count). The third kappa shape index (κ3) is 4.40. The van der Waals surface area contributed by atoms with Gasteiger partial charge >= 0.3 is 12.1 Å². The van der Waals surface area contributed by atoms with Crippen molar-refractivity contribution in [3.63, 3.8) is 0 Å². The van der Waals surface area contributed by atoms with Gasteiger partial charge in [0.05, 0.1) is 21.6 Å². The number of nitrogens with zero attached hydrogens (tertiary/aromatic N) is 1. The molecular weight excluding hydrogens is 446 g/mol. The summed E-state index contributed by atoms with van der Waals surface area (Å²) in [5.41, 5.74) is -0.516. The van der Waals surface area contributed by atoms with E-state index >= 15 is 0 Å². The summed E-state index contributed by atoms with van der Waals surface area (Å²) in [5, 5.41) is 8.94. The fourth-order valence-electron chi connectivity index (χ4n) is 3.18. The van der Waals surface area contributed by atoms with Crippen LogP contribution in [-0.4, -0.2) is 30.3 Å². The molecule has 28 heavy (non-hydrogen) atoms. The number of carboxylic acids is 1. The smallest absolute Gasteiger partial charge is 0.416 e. The van der Waals surface area contributed by atoms with Crippen LogP contribution in [-0.2, 0) is 6.18 Å². The molecule has 1 aliphatic rings. The predicted octanol–water partition coefficient (Wildman–Crippen LogP) is 5.35. The highest BCUT2D eigenvalue weighted by molar-refractivity contribution is 9.10. The van der Waals surface area contributed by atoms with Crippen LogP contribution in [0.5, 0.6) is 5.75 Å². The Morgan fingerprint density at radius 2 is 1.93 bits per heavy atom. The van der Waals surface area contributed by atoms with Crippen molar-refractivity contribution in [2.45, 2.75) is 25.1 Å². The zero-order chi connectivity index (χ0) is 20.5. The molecule has 1 N–H and O–H groups in total. The van der Waals surface area contributed by atoms with Gasteiger partial charge < -0.3 is 14.7 Å². The summed E-state index contributed by atoms with van der Waals surface area (Å²) in [7, 11) is 0. The zero-order valence-corrected chi connectivity index (χ0v) is 16.1. The third-order valence-electron chi connectivity index (χ3n) is 4.59. The Balaban J connectivity index is 1.71. The van der Waals surface area contributed by atoms with Crippen LogP contribution in [0.4, 0.5) is 23.2 Å². The third-order valence-corrected chi connectivity index (χ3v) is 5.21. The van der Waals surface area contributed by atoms with Crippen LogP contribution < -0.4 is 9.64 Å². The van der Waals surface area contributed by atoms with Crippen molar-refractivity contribution in [1.29, 1.82) is 0 Å². The molecule has 9 heteroatoms. The summed E-state index contributed by atoms with van der Waals surface area (Å²) in [5.74, 6) is -2.12. The van der Waals surface area contributed by atoms with Gasteiger partial charge in [0.1, 0.15) is 18.2 Å². The minimum absolute atomic E-state index is 0.0918. The fraction of sp³-hybridized carbons (Fsp3) is 0.316. The van der Waals surface area contributed by atoms with E-state index in [1.807, 2.05) is 4.90 Å². The summed E-state index contributed by atoms with van der Waals surface area (Å²) in [6, 6.07) is 6.99. The van der Waals surface area contributed by atoms with Gasteiger partial charge in [0.25, 0.3) is 0 Å². The van der Waals surface area contributed by atoms with Crippen LogP contribution in [0.3, 0.4) is 0 Å². The lowest BCUT2D eigenvalue weighted by Gasteiger charge is -2.27. The zero-order valence-electron chi connectivity index (χ0n) is 14.5. The first-order chi connectivity index (χ1) is 13.2. The minimum atomic E-state index is -4.38. The van der Waals surface area contributed by atoms with Gasteiger partial charge in [0, 0.05) is 18.3 Å². The van der Waals surface area contributed by atoms with E-state index in [-0.39, 0.29) is 18.4 Å². The molecular formula is C19H16BrF4NO3. The highest BCUT2D eigenvalue weighted by Gasteiger charge is 2.31. The number of alkyl halides is 3. The molecule has 0 aliphatic carbocycles. The van der Waals surface area contributed by atoms with Gasteiger partial charge in [-0.25, -0.2) is 9.18 Å². The van der Waals surface area contributed by atoms with E-state index in [0.717, 1.165) is 37.1 Å². The normalized spacial score (nSPS) is 17.0. The lowest BCUT2D eigenvalue weighted by atomic mass is 10.1. The standard InChI is InChI=1S/C19H16BrF4NO3/c20-15-8-14(18(26)27)16(21)9-17(15)28-10-13-2-1-7-25(13)12-5-3-11(4-6-12)19(22,23)24/h3-6,8-9,13H,1-2,7,10H2,(H,26,27). The number of carbonyl (C=O) groups is 1. The number of rotatable bonds is 5. The van der Waals surface area contributed by atoms with Crippen LogP contribution in [0, 0.1) is 5.82 Å². The molecule has 4 nitrogen and oxygen atoms in total. The Hall–Kier alpha value is -2.29. The molecule has 0 saturated carbocycles. The molecule has 1 unspecified atom stereocenters. The topological polar surface area (TPSA) is 49.8 Å². The number of anilines is 1.